The Morgan fingerprint density at radius 3 is 2.59 bits per heavy atom. The van der Waals surface area contributed by atoms with Gasteiger partial charge in [0.1, 0.15) is 5.75 Å². The van der Waals surface area contributed by atoms with E-state index in [1.54, 1.807) is 0 Å². The summed E-state index contributed by atoms with van der Waals surface area (Å²) in [6.07, 6.45) is 2.74. The van der Waals surface area contributed by atoms with Crippen LogP contribution in [0.4, 0.5) is 0 Å². The fourth-order valence-corrected chi connectivity index (χ4v) is 2.92. The van der Waals surface area contributed by atoms with Crippen molar-refractivity contribution in [1.82, 2.24) is 9.80 Å². The first-order chi connectivity index (χ1) is 10.5. The second-order valence-corrected chi connectivity index (χ2v) is 6.57. The number of benzene rings is 1. The van der Waals surface area contributed by atoms with Crippen LogP contribution in [0.5, 0.6) is 5.75 Å². The molecule has 1 aromatic rings. The van der Waals surface area contributed by atoms with Gasteiger partial charge in [0, 0.05) is 19.1 Å². The molecule has 4 nitrogen and oxygen atoms in total. The lowest BCUT2D eigenvalue weighted by atomic mass is 10.0. The first kappa shape index (κ1) is 16.8. The number of carbonyl (C=O) groups excluding carboxylic acids is 1. The molecule has 1 aliphatic heterocycles. The quantitative estimate of drug-likeness (QED) is 0.838. The van der Waals surface area contributed by atoms with Crippen LogP contribution in [0.3, 0.4) is 0 Å². The number of piperidine rings is 1. The van der Waals surface area contributed by atoms with Crippen LogP contribution >= 0.6 is 0 Å². The van der Waals surface area contributed by atoms with Gasteiger partial charge in [-0.25, -0.2) is 0 Å². The normalized spacial score (nSPS) is 16.4. The molecule has 1 amide bonds. The fraction of sp³-hybridized carbons (Fsp3) is 0.611. The van der Waals surface area contributed by atoms with E-state index in [4.69, 9.17) is 4.74 Å². The maximum atomic E-state index is 12.4. The zero-order valence-corrected chi connectivity index (χ0v) is 14.2. The average molecular weight is 304 g/mol. The number of nitrogens with zero attached hydrogens (tertiary/aromatic N) is 2. The predicted molar refractivity (Wildman–Crippen MR) is 89.2 cm³/mol. The smallest absolute Gasteiger partial charge is 0.226 e. The monoisotopic (exact) mass is 304 g/mol. The highest BCUT2D eigenvalue weighted by Gasteiger charge is 2.23. The summed E-state index contributed by atoms with van der Waals surface area (Å²) in [6.45, 7) is 5.74. The minimum absolute atomic E-state index is 0.149. The Bertz CT molecular complexity index is 492. The Hall–Kier alpha value is -1.55. The second kappa shape index (κ2) is 7.63. The zero-order chi connectivity index (χ0) is 16.1. The molecule has 0 aliphatic carbocycles. The molecule has 4 heteroatoms. The number of ether oxygens (including phenoxy) is 1. The summed E-state index contributed by atoms with van der Waals surface area (Å²) in [7, 11) is 4.23. The molecule has 1 saturated heterocycles. The summed E-state index contributed by atoms with van der Waals surface area (Å²) in [4.78, 5) is 16.7. The van der Waals surface area contributed by atoms with E-state index in [-0.39, 0.29) is 12.0 Å². The Morgan fingerprint density at radius 2 is 2.00 bits per heavy atom. The van der Waals surface area contributed by atoms with Crippen molar-refractivity contribution in [2.75, 3.05) is 27.2 Å². The lowest BCUT2D eigenvalue weighted by Gasteiger charge is -2.35. The minimum atomic E-state index is 0.149. The average Bonchev–Trinajstić information content (AvgIpc) is 2.47. The largest absolute Gasteiger partial charge is 0.491 e. The van der Waals surface area contributed by atoms with Crippen LogP contribution in [0.2, 0.25) is 0 Å². The third-order valence-corrected chi connectivity index (χ3v) is 4.17. The van der Waals surface area contributed by atoms with Crippen molar-refractivity contribution >= 4 is 5.91 Å². The summed E-state index contributed by atoms with van der Waals surface area (Å²) < 4.78 is 5.69. The molecule has 122 valence electrons. The number of carbonyl (C=O) groups is 1. The van der Waals surface area contributed by atoms with Crippen molar-refractivity contribution < 1.29 is 9.53 Å². The number of hydrogen-bond acceptors (Lipinski definition) is 3. The Kier molecular flexibility index (Phi) is 5.83. The summed E-state index contributed by atoms with van der Waals surface area (Å²) in [5.41, 5.74) is 1.03. The highest BCUT2D eigenvalue weighted by molar-refractivity contribution is 5.79. The van der Waals surface area contributed by atoms with Crippen LogP contribution in [0.1, 0.15) is 32.3 Å². The topological polar surface area (TPSA) is 32.8 Å². The highest BCUT2D eigenvalue weighted by atomic mass is 16.5. The van der Waals surface area contributed by atoms with Crippen LogP contribution in [-0.2, 0) is 11.2 Å². The lowest BCUT2D eigenvalue weighted by Crippen LogP contribution is -2.44. The lowest BCUT2D eigenvalue weighted by molar-refractivity contribution is -0.131. The molecule has 0 bridgehead atoms. The van der Waals surface area contributed by atoms with Gasteiger partial charge in [-0.1, -0.05) is 12.1 Å². The summed E-state index contributed by atoms with van der Waals surface area (Å²) >= 11 is 0. The van der Waals surface area contributed by atoms with Gasteiger partial charge in [0.25, 0.3) is 0 Å². The zero-order valence-electron chi connectivity index (χ0n) is 14.2. The fourth-order valence-electron chi connectivity index (χ4n) is 2.92. The van der Waals surface area contributed by atoms with E-state index >= 15 is 0 Å². The van der Waals surface area contributed by atoms with Crippen molar-refractivity contribution in [3.8, 4) is 5.75 Å². The molecular weight excluding hydrogens is 276 g/mol. The van der Waals surface area contributed by atoms with Crippen molar-refractivity contribution in [3.05, 3.63) is 29.8 Å². The molecule has 1 heterocycles. The molecule has 1 fully saturated rings. The minimum Gasteiger partial charge on any atom is -0.491 e. The summed E-state index contributed by atoms with van der Waals surface area (Å²) in [6, 6.07) is 8.48. The summed E-state index contributed by atoms with van der Waals surface area (Å²) in [5, 5.41) is 0. The van der Waals surface area contributed by atoms with Crippen molar-refractivity contribution in [3.63, 3.8) is 0 Å². The van der Waals surface area contributed by atoms with Gasteiger partial charge in [-0.2, -0.15) is 0 Å². The molecule has 0 saturated carbocycles. The molecule has 0 unspecified atom stereocenters. The van der Waals surface area contributed by atoms with E-state index in [2.05, 4.69) is 19.0 Å². The van der Waals surface area contributed by atoms with E-state index in [0.29, 0.717) is 12.5 Å². The third-order valence-electron chi connectivity index (χ3n) is 4.17. The molecule has 0 N–H and O–H groups in total. The molecule has 1 aliphatic rings. The van der Waals surface area contributed by atoms with E-state index in [1.165, 1.54) is 0 Å². The van der Waals surface area contributed by atoms with E-state index in [0.717, 1.165) is 37.2 Å². The first-order valence-corrected chi connectivity index (χ1v) is 8.15. The maximum Gasteiger partial charge on any atom is 0.226 e. The van der Waals surface area contributed by atoms with Crippen molar-refractivity contribution in [2.24, 2.45) is 0 Å². The third kappa shape index (κ3) is 4.73. The van der Waals surface area contributed by atoms with Crippen molar-refractivity contribution in [1.29, 1.82) is 0 Å². The van der Waals surface area contributed by atoms with Crippen molar-refractivity contribution in [2.45, 2.75) is 45.3 Å². The second-order valence-electron chi connectivity index (χ2n) is 6.57. The highest BCUT2D eigenvalue weighted by Crippen LogP contribution is 2.18. The molecule has 22 heavy (non-hydrogen) atoms. The van der Waals surface area contributed by atoms with Gasteiger partial charge < -0.3 is 14.5 Å². The Morgan fingerprint density at radius 1 is 1.32 bits per heavy atom. The molecule has 0 spiro atoms. The molecule has 0 radical (unpaired) electrons. The van der Waals surface area contributed by atoms with E-state index in [1.807, 2.05) is 43.0 Å². The standard InChI is InChI=1S/C18H28N2O2/c1-14(2)22-17-7-5-6-15(12-17)13-18(21)20-10-8-16(9-11-20)19(3)4/h5-7,12,14,16H,8-11,13H2,1-4H3. The Labute approximate surface area is 134 Å². The van der Waals surface area contributed by atoms with Gasteiger partial charge in [-0.15, -0.1) is 0 Å². The molecule has 0 aromatic heterocycles. The number of amides is 1. The van der Waals surface area contributed by atoms with Crippen LogP contribution in [0.25, 0.3) is 0 Å². The van der Waals surface area contributed by atoms with Crippen LogP contribution < -0.4 is 4.74 Å². The van der Waals surface area contributed by atoms with Gasteiger partial charge in [-0.05, 0) is 58.5 Å². The molecular formula is C18H28N2O2. The first-order valence-electron chi connectivity index (χ1n) is 8.15. The molecule has 1 aromatic carbocycles. The maximum absolute atomic E-state index is 12.4. The number of rotatable bonds is 5. The molecule has 2 rings (SSSR count). The van der Waals surface area contributed by atoms with Gasteiger partial charge in [0.15, 0.2) is 0 Å². The SMILES string of the molecule is CC(C)Oc1cccc(CC(=O)N2CCC(N(C)C)CC2)c1. The van der Waals surface area contributed by atoms with Crippen LogP contribution in [-0.4, -0.2) is 55.0 Å². The number of likely N-dealkylation sites (tertiary alicyclic amines) is 1. The Balaban J connectivity index is 1.90. The van der Waals surface area contributed by atoms with Gasteiger partial charge in [-0.3, -0.25) is 4.79 Å². The predicted octanol–water partition coefficient (Wildman–Crippen LogP) is 2.57. The van der Waals surface area contributed by atoms with Gasteiger partial charge in [0.05, 0.1) is 12.5 Å². The number of hydrogen-bond donors (Lipinski definition) is 0. The molecule has 0 atom stereocenters. The summed E-state index contributed by atoms with van der Waals surface area (Å²) in [5.74, 6) is 1.06. The van der Waals surface area contributed by atoms with E-state index in [9.17, 15) is 4.79 Å². The van der Waals surface area contributed by atoms with Gasteiger partial charge >= 0.3 is 0 Å². The van der Waals surface area contributed by atoms with Crippen LogP contribution in [0.15, 0.2) is 24.3 Å². The van der Waals surface area contributed by atoms with Gasteiger partial charge in [0.2, 0.25) is 5.91 Å². The van der Waals surface area contributed by atoms with Crippen LogP contribution in [0, 0.1) is 0 Å². The van der Waals surface area contributed by atoms with E-state index < -0.39 is 0 Å².